The van der Waals surface area contributed by atoms with Crippen LogP contribution in [-0.4, -0.2) is 40.3 Å². The van der Waals surface area contributed by atoms with Crippen molar-refractivity contribution in [2.24, 2.45) is 11.8 Å². The molecular formula is C14H24N2O5. The van der Waals surface area contributed by atoms with Gasteiger partial charge in [0.25, 0.3) is 0 Å². The Kier molecular flexibility index (Phi) is 6.45. The van der Waals surface area contributed by atoms with Gasteiger partial charge in [0.2, 0.25) is 0 Å². The largest absolute Gasteiger partial charge is 0.481 e. The molecule has 7 heteroatoms. The van der Waals surface area contributed by atoms with E-state index in [2.05, 4.69) is 24.5 Å². The molecular weight excluding hydrogens is 276 g/mol. The van der Waals surface area contributed by atoms with Crippen LogP contribution in [0.3, 0.4) is 0 Å². The zero-order valence-corrected chi connectivity index (χ0v) is 12.5. The minimum atomic E-state index is -1.23. The summed E-state index contributed by atoms with van der Waals surface area (Å²) in [6.45, 7) is 4.25. The predicted molar refractivity (Wildman–Crippen MR) is 75.9 cm³/mol. The van der Waals surface area contributed by atoms with Gasteiger partial charge in [-0.2, -0.15) is 0 Å². The van der Waals surface area contributed by atoms with E-state index in [9.17, 15) is 14.4 Å². The lowest BCUT2D eigenvalue weighted by Crippen LogP contribution is -2.51. The summed E-state index contributed by atoms with van der Waals surface area (Å²) in [7, 11) is 0. The number of hydrogen-bond acceptors (Lipinski definition) is 3. The first-order valence-corrected chi connectivity index (χ1v) is 7.31. The fourth-order valence-electron chi connectivity index (χ4n) is 2.77. The zero-order chi connectivity index (χ0) is 16.0. The number of aliphatic carboxylic acids is 2. The van der Waals surface area contributed by atoms with E-state index in [0.29, 0.717) is 11.8 Å². The van der Waals surface area contributed by atoms with Crippen molar-refractivity contribution in [1.29, 1.82) is 0 Å². The molecule has 0 heterocycles. The van der Waals surface area contributed by atoms with E-state index in [1.165, 1.54) is 0 Å². The number of carboxylic acid groups (broad SMARTS) is 2. The number of nitrogens with one attached hydrogen (secondary N) is 2. The van der Waals surface area contributed by atoms with Gasteiger partial charge in [-0.15, -0.1) is 0 Å². The highest BCUT2D eigenvalue weighted by Gasteiger charge is 2.28. The zero-order valence-electron chi connectivity index (χ0n) is 12.5. The molecule has 1 rings (SSSR count). The van der Waals surface area contributed by atoms with Crippen molar-refractivity contribution in [3.8, 4) is 0 Å². The Labute approximate surface area is 124 Å². The number of hydrogen-bond donors (Lipinski definition) is 4. The minimum Gasteiger partial charge on any atom is -0.481 e. The summed E-state index contributed by atoms with van der Waals surface area (Å²) >= 11 is 0. The molecule has 0 radical (unpaired) electrons. The Bertz CT molecular complexity index is 399. The molecule has 0 spiro atoms. The van der Waals surface area contributed by atoms with Crippen LogP contribution in [0.1, 0.15) is 46.0 Å². The minimum absolute atomic E-state index is 0.0371. The van der Waals surface area contributed by atoms with Crippen LogP contribution in [0, 0.1) is 11.8 Å². The second-order valence-corrected chi connectivity index (χ2v) is 5.94. The summed E-state index contributed by atoms with van der Waals surface area (Å²) in [5.74, 6) is -1.32. The van der Waals surface area contributed by atoms with Gasteiger partial charge in [0.15, 0.2) is 0 Å². The van der Waals surface area contributed by atoms with Crippen LogP contribution < -0.4 is 10.6 Å². The standard InChI is InChI=1S/C14H24N2O5/c1-8-3-4-10(9(2)7-8)15-14(21)16-11(13(19)20)5-6-12(17)18/h8-11H,3-7H2,1-2H3,(H,17,18)(H,19,20)(H2,15,16,21). The van der Waals surface area contributed by atoms with Gasteiger partial charge in [-0.1, -0.05) is 13.8 Å². The Balaban J connectivity index is 2.46. The molecule has 2 amide bonds. The van der Waals surface area contributed by atoms with E-state index in [0.717, 1.165) is 19.3 Å². The lowest BCUT2D eigenvalue weighted by molar-refractivity contribution is -0.140. The van der Waals surface area contributed by atoms with Crippen molar-refractivity contribution < 1.29 is 24.6 Å². The highest BCUT2D eigenvalue weighted by Crippen LogP contribution is 2.28. The van der Waals surface area contributed by atoms with Crippen LogP contribution in [0.15, 0.2) is 0 Å². The average molecular weight is 300 g/mol. The van der Waals surface area contributed by atoms with E-state index in [1.54, 1.807) is 0 Å². The van der Waals surface area contributed by atoms with Gasteiger partial charge in [-0.25, -0.2) is 9.59 Å². The molecule has 1 aliphatic rings. The molecule has 1 aliphatic carbocycles. The summed E-state index contributed by atoms with van der Waals surface area (Å²) in [5.41, 5.74) is 0. The van der Waals surface area contributed by atoms with E-state index in [4.69, 9.17) is 10.2 Å². The summed E-state index contributed by atoms with van der Waals surface area (Å²) in [6, 6.07) is -1.69. The number of amides is 2. The molecule has 0 aromatic rings. The van der Waals surface area contributed by atoms with Crippen LogP contribution in [0.5, 0.6) is 0 Å². The van der Waals surface area contributed by atoms with Crippen molar-refractivity contribution in [3.05, 3.63) is 0 Å². The Hall–Kier alpha value is -1.79. The topological polar surface area (TPSA) is 116 Å². The second kappa shape index (κ2) is 7.85. The third kappa shape index (κ3) is 6.01. The summed E-state index contributed by atoms with van der Waals surface area (Å²) in [6.07, 6.45) is 2.52. The van der Waals surface area contributed by atoms with Gasteiger partial charge in [0.05, 0.1) is 0 Å². The van der Waals surface area contributed by atoms with Crippen molar-refractivity contribution in [2.45, 2.75) is 58.0 Å². The first kappa shape index (κ1) is 17.3. The summed E-state index contributed by atoms with van der Waals surface area (Å²) in [5, 5.41) is 22.7. The van der Waals surface area contributed by atoms with Gasteiger partial charge in [-0.05, 0) is 37.5 Å². The van der Waals surface area contributed by atoms with Gasteiger partial charge in [0, 0.05) is 12.5 Å². The van der Waals surface area contributed by atoms with E-state index < -0.39 is 24.0 Å². The molecule has 7 nitrogen and oxygen atoms in total. The van der Waals surface area contributed by atoms with Crippen molar-refractivity contribution >= 4 is 18.0 Å². The predicted octanol–water partition coefficient (Wildman–Crippen LogP) is 1.43. The maximum absolute atomic E-state index is 11.9. The number of carbonyl (C=O) groups is 3. The first-order chi connectivity index (χ1) is 9.79. The van der Waals surface area contributed by atoms with Gasteiger partial charge < -0.3 is 20.8 Å². The Morgan fingerprint density at radius 1 is 1.19 bits per heavy atom. The number of urea groups is 1. The van der Waals surface area contributed by atoms with E-state index >= 15 is 0 Å². The van der Waals surface area contributed by atoms with Crippen LogP contribution >= 0.6 is 0 Å². The monoisotopic (exact) mass is 300 g/mol. The fraction of sp³-hybridized carbons (Fsp3) is 0.786. The molecule has 1 fully saturated rings. The summed E-state index contributed by atoms with van der Waals surface area (Å²) in [4.78, 5) is 33.4. The van der Waals surface area contributed by atoms with Crippen LogP contribution in [0.25, 0.3) is 0 Å². The van der Waals surface area contributed by atoms with E-state index in [-0.39, 0.29) is 18.9 Å². The number of rotatable bonds is 6. The fourth-order valence-corrected chi connectivity index (χ4v) is 2.77. The third-order valence-electron chi connectivity index (χ3n) is 4.00. The molecule has 21 heavy (non-hydrogen) atoms. The highest BCUT2D eigenvalue weighted by molar-refractivity contribution is 5.83. The van der Waals surface area contributed by atoms with Crippen molar-refractivity contribution in [2.75, 3.05) is 0 Å². The molecule has 0 aromatic heterocycles. The molecule has 0 saturated heterocycles. The maximum Gasteiger partial charge on any atom is 0.326 e. The van der Waals surface area contributed by atoms with Crippen molar-refractivity contribution in [1.82, 2.24) is 10.6 Å². The third-order valence-corrected chi connectivity index (χ3v) is 4.00. The molecule has 4 unspecified atom stereocenters. The number of carboxylic acids is 2. The summed E-state index contributed by atoms with van der Waals surface area (Å²) < 4.78 is 0. The SMILES string of the molecule is CC1CCC(NC(=O)NC(CCC(=O)O)C(=O)O)C(C)C1. The van der Waals surface area contributed by atoms with Gasteiger partial charge >= 0.3 is 18.0 Å². The smallest absolute Gasteiger partial charge is 0.326 e. The second-order valence-electron chi connectivity index (χ2n) is 5.94. The highest BCUT2D eigenvalue weighted by atomic mass is 16.4. The Morgan fingerprint density at radius 3 is 2.38 bits per heavy atom. The van der Waals surface area contributed by atoms with Crippen molar-refractivity contribution in [3.63, 3.8) is 0 Å². The molecule has 0 aliphatic heterocycles. The molecule has 4 atom stereocenters. The first-order valence-electron chi connectivity index (χ1n) is 7.31. The van der Waals surface area contributed by atoms with Gasteiger partial charge in [0.1, 0.15) is 6.04 Å². The van der Waals surface area contributed by atoms with E-state index in [1.807, 2.05) is 0 Å². The number of carbonyl (C=O) groups excluding carboxylic acids is 1. The van der Waals surface area contributed by atoms with Crippen LogP contribution in [0.4, 0.5) is 4.79 Å². The normalized spacial score (nSPS) is 26.7. The molecule has 120 valence electrons. The molecule has 0 aromatic carbocycles. The molecule has 0 bridgehead atoms. The molecule has 4 N–H and O–H groups in total. The van der Waals surface area contributed by atoms with Crippen LogP contribution in [0.2, 0.25) is 0 Å². The molecule has 1 saturated carbocycles. The lowest BCUT2D eigenvalue weighted by atomic mass is 9.80. The quantitative estimate of drug-likeness (QED) is 0.592. The Morgan fingerprint density at radius 2 is 1.86 bits per heavy atom. The van der Waals surface area contributed by atoms with Crippen LogP contribution in [-0.2, 0) is 9.59 Å². The lowest BCUT2D eigenvalue weighted by Gasteiger charge is -2.33. The average Bonchev–Trinajstić information content (AvgIpc) is 2.37. The maximum atomic E-state index is 11.9. The van der Waals surface area contributed by atoms with Gasteiger partial charge in [-0.3, -0.25) is 4.79 Å².